The minimum Gasteiger partial charge on any atom is -0.364 e. The fourth-order valence-electron chi connectivity index (χ4n) is 2.58. The van der Waals surface area contributed by atoms with Crippen LogP contribution in [-0.2, 0) is 11.3 Å². The summed E-state index contributed by atoms with van der Waals surface area (Å²) in [5, 5.41) is 11.1. The van der Waals surface area contributed by atoms with Crippen LogP contribution in [0.15, 0.2) is 48.7 Å². The number of ether oxygens (including phenoxy) is 1. The summed E-state index contributed by atoms with van der Waals surface area (Å²) in [6, 6.07) is 13.6. The van der Waals surface area contributed by atoms with Crippen molar-refractivity contribution in [1.29, 1.82) is 0 Å². The van der Waals surface area contributed by atoms with Crippen molar-refractivity contribution >= 4 is 28.8 Å². The first-order chi connectivity index (χ1) is 12.1. The van der Waals surface area contributed by atoms with Crippen LogP contribution in [0.2, 0.25) is 4.34 Å². The number of benzene rings is 1. The van der Waals surface area contributed by atoms with Gasteiger partial charge in [-0.1, -0.05) is 41.9 Å². The van der Waals surface area contributed by atoms with Crippen LogP contribution in [0.3, 0.4) is 0 Å². The molecule has 3 rings (SSSR count). The van der Waals surface area contributed by atoms with Gasteiger partial charge in [0.1, 0.15) is 18.8 Å². The third kappa shape index (κ3) is 4.07. The Labute approximate surface area is 153 Å². The standard InChI is InChI=1S/C17H16ClN3O3S/c1-12-19-11-16(21(22)23)20(12)9-10-24-17(13-5-3-2-4-6-13)14-7-8-15(18)25-14/h2-8,11,17H,9-10H2,1H3. The second-order valence-electron chi connectivity index (χ2n) is 5.38. The monoisotopic (exact) mass is 377 g/mol. The average Bonchev–Trinajstić information content (AvgIpc) is 3.18. The molecule has 0 aliphatic carbocycles. The molecule has 130 valence electrons. The molecular weight excluding hydrogens is 362 g/mol. The van der Waals surface area contributed by atoms with Crippen molar-refractivity contribution in [2.24, 2.45) is 0 Å². The predicted octanol–water partition coefficient (Wildman–Crippen LogP) is 4.62. The SMILES string of the molecule is Cc1ncc([N+](=O)[O-])n1CCOC(c1ccccc1)c1ccc(Cl)s1. The topological polar surface area (TPSA) is 70.2 Å². The summed E-state index contributed by atoms with van der Waals surface area (Å²) in [6.07, 6.45) is 1.00. The molecule has 25 heavy (non-hydrogen) atoms. The molecule has 1 atom stereocenters. The van der Waals surface area contributed by atoms with E-state index in [-0.39, 0.29) is 11.9 Å². The molecule has 0 aliphatic heterocycles. The van der Waals surface area contributed by atoms with Crippen molar-refractivity contribution in [2.75, 3.05) is 6.61 Å². The molecule has 0 spiro atoms. The Morgan fingerprint density at radius 1 is 1.32 bits per heavy atom. The van der Waals surface area contributed by atoms with Gasteiger partial charge in [-0.2, -0.15) is 0 Å². The zero-order chi connectivity index (χ0) is 17.8. The normalized spacial score (nSPS) is 12.2. The van der Waals surface area contributed by atoms with Crippen molar-refractivity contribution in [1.82, 2.24) is 9.55 Å². The second kappa shape index (κ2) is 7.77. The molecule has 0 saturated heterocycles. The smallest absolute Gasteiger partial charge is 0.342 e. The van der Waals surface area contributed by atoms with Crippen molar-refractivity contribution in [3.05, 3.63) is 79.4 Å². The number of imidazole rings is 1. The number of hydrogen-bond acceptors (Lipinski definition) is 5. The molecule has 2 heterocycles. The summed E-state index contributed by atoms with van der Waals surface area (Å²) in [5.74, 6) is 0.558. The Bertz CT molecular complexity index is 863. The van der Waals surface area contributed by atoms with Gasteiger partial charge in [0.15, 0.2) is 5.82 Å². The summed E-state index contributed by atoms with van der Waals surface area (Å²) in [7, 11) is 0. The average molecular weight is 378 g/mol. The van der Waals surface area contributed by atoms with Gasteiger partial charge in [-0.25, -0.2) is 9.55 Å². The lowest BCUT2D eigenvalue weighted by Gasteiger charge is -2.17. The summed E-state index contributed by atoms with van der Waals surface area (Å²) >= 11 is 7.52. The molecule has 0 bridgehead atoms. The van der Waals surface area contributed by atoms with Crippen LogP contribution < -0.4 is 0 Å². The molecule has 0 saturated carbocycles. The van der Waals surface area contributed by atoms with Gasteiger partial charge in [-0.05, 0) is 22.6 Å². The zero-order valence-corrected chi connectivity index (χ0v) is 15.0. The van der Waals surface area contributed by atoms with Gasteiger partial charge < -0.3 is 14.9 Å². The third-order valence-electron chi connectivity index (χ3n) is 3.78. The Morgan fingerprint density at radius 2 is 2.08 bits per heavy atom. The first-order valence-electron chi connectivity index (χ1n) is 7.64. The quantitative estimate of drug-likeness (QED) is 0.445. The van der Waals surface area contributed by atoms with Crippen molar-refractivity contribution in [3.8, 4) is 0 Å². The number of rotatable bonds is 7. The maximum atomic E-state index is 11.1. The zero-order valence-electron chi connectivity index (χ0n) is 13.5. The summed E-state index contributed by atoms with van der Waals surface area (Å²) in [5.41, 5.74) is 1.01. The Balaban J connectivity index is 1.76. The molecule has 8 heteroatoms. The summed E-state index contributed by atoms with van der Waals surface area (Å²) in [4.78, 5) is 15.6. The van der Waals surface area contributed by atoms with Crippen molar-refractivity contribution in [2.45, 2.75) is 19.6 Å². The van der Waals surface area contributed by atoms with E-state index in [1.54, 1.807) is 11.5 Å². The minimum absolute atomic E-state index is 0.0310. The van der Waals surface area contributed by atoms with E-state index >= 15 is 0 Å². The summed E-state index contributed by atoms with van der Waals surface area (Å²) < 4.78 is 8.31. The van der Waals surface area contributed by atoms with Gasteiger partial charge in [-0.15, -0.1) is 11.3 Å². The van der Waals surface area contributed by atoms with E-state index < -0.39 is 4.92 Å². The van der Waals surface area contributed by atoms with E-state index in [2.05, 4.69) is 4.98 Å². The molecule has 1 aromatic carbocycles. The van der Waals surface area contributed by atoms with Gasteiger partial charge in [0.05, 0.1) is 10.9 Å². The molecular formula is C17H16ClN3O3S. The van der Waals surface area contributed by atoms with Gasteiger partial charge in [-0.3, -0.25) is 0 Å². The van der Waals surface area contributed by atoms with Crippen LogP contribution in [0.5, 0.6) is 0 Å². The molecule has 1 unspecified atom stereocenters. The Hall–Kier alpha value is -2.22. The maximum Gasteiger partial charge on any atom is 0.342 e. The number of hydrogen-bond donors (Lipinski definition) is 0. The minimum atomic E-state index is -0.437. The first-order valence-corrected chi connectivity index (χ1v) is 8.84. The number of nitro groups is 1. The van der Waals surface area contributed by atoms with Gasteiger partial charge in [0, 0.05) is 11.8 Å². The third-order valence-corrected chi connectivity index (χ3v) is 5.05. The molecule has 0 radical (unpaired) electrons. The lowest BCUT2D eigenvalue weighted by Crippen LogP contribution is -2.13. The van der Waals surface area contributed by atoms with E-state index in [4.69, 9.17) is 16.3 Å². The van der Waals surface area contributed by atoms with Crippen molar-refractivity contribution < 1.29 is 9.66 Å². The van der Waals surface area contributed by atoms with Gasteiger partial charge in [0.2, 0.25) is 0 Å². The molecule has 2 aromatic heterocycles. The van der Waals surface area contributed by atoms with Gasteiger partial charge >= 0.3 is 5.82 Å². The molecule has 6 nitrogen and oxygen atoms in total. The molecule has 0 N–H and O–H groups in total. The number of thiophene rings is 1. The van der Waals surface area contributed by atoms with E-state index in [0.29, 0.717) is 23.3 Å². The second-order valence-corrected chi connectivity index (χ2v) is 7.12. The Kier molecular flexibility index (Phi) is 5.47. The number of aromatic nitrogens is 2. The highest BCUT2D eigenvalue weighted by Gasteiger charge is 2.20. The number of nitrogens with zero attached hydrogens (tertiary/aromatic N) is 3. The van der Waals surface area contributed by atoms with E-state index in [1.807, 2.05) is 42.5 Å². The highest BCUT2D eigenvalue weighted by atomic mass is 35.5. The van der Waals surface area contributed by atoms with Gasteiger partial charge in [0.25, 0.3) is 0 Å². The fourth-order valence-corrected chi connectivity index (χ4v) is 3.72. The maximum absolute atomic E-state index is 11.1. The lowest BCUT2D eigenvalue weighted by molar-refractivity contribution is -0.392. The molecule has 0 fully saturated rings. The van der Waals surface area contributed by atoms with E-state index in [0.717, 1.165) is 10.4 Å². The van der Waals surface area contributed by atoms with Crippen LogP contribution in [0, 0.1) is 17.0 Å². The van der Waals surface area contributed by atoms with Crippen LogP contribution in [-0.4, -0.2) is 21.1 Å². The highest BCUT2D eigenvalue weighted by molar-refractivity contribution is 7.16. The number of halogens is 1. The fraction of sp³-hybridized carbons (Fsp3) is 0.235. The lowest BCUT2D eigenvalue weighted by atomic mass is 10.1. The molecule has 0 aliphatic rings. The number of aryl methyl sites for hydroxylation is 1. The van der Waals surface area contributed by atoms with E-state index in [1.165, 1.54) is 17.5 Å². The van der Waals surface area contributed by atoms with E-state index in [9.17, 15) is 10.1 Å². The van der Waals surface area contributed by atoms with Crippen LogP contribution >= 0.6 is 22.9 Å². The molecule has 3 aromatic rings. The predicted molar refractivity (Wildman–Crippen MR) is 97.2 cm³/mol. The Morgan fingerprint density at radius 3 is 2.72 bits per heavy atom. The first kappa shape index (κ1) is 17.6. The summed E-state index contributed by atoms with van der Waals surface area (Å²) in [6.45, 7) is 2.40. The molecule has 0 amide bonds. The van der Waals surface area contributed by atoms with Crippen LogP contribution in [0.25, 0.3) is 0 Å². The van der Waals surface area contributed by atoms with Crippen LogP contribution in [0.1, 0.15) is 22.4 Å². The largest absolute Gasteiger partial charge is 0.364 e. The van der Waals surface area contributed by atoms with Crippen molar-refractivity contribution in [3.63, 3.8) is 0 Å². The highest BCUT2D eigenvalue weighted by Crippen LogP contribution is 2.33. The van der Waals surface area contributed by atoms with Crippen LogP contribution in [0.4, 0.5) is 5.82 Å².